The molecule has 0 fully saturated rings. The van der Waals surface area contributed by atoms with E-state index in [-0.39, 0.29) is 11.4 Å². The molecular formula is C17H15ClN2O3S. The Morgan fingerprint density at radius 2 is 1.75 bits per heavy atom. The predicted octanol–water partition coefficient (Wildman–Crippen LogP) is 2.60. The molecular weight excluding hydrogens is 348 g/mol. The molecule has 2 aromatic rings. The predicted molar refractivity (Wildman–Crippen MR) is 94.1 cm³/mol. The fourth-order valence-corrected chi connectivity index (χ4v) is 3.50. The van der Waals surface area contributed by atoms with Crippen molar-refractivity contribution in [2.45, 2.75) is 4.90 Å². The normalized spacial score (nSPS) is 11.0. The number of nitrogens with zero attached hydrogens (tertiary/aromatic N) is 1. The zero-order valence-corrected chi connectivity index (χ0v) is 14.2. The van der Waals surface area contributed by atoms with Crippen molar-refractivity contribution in [1.29, 1.82) is 0 Å². The molecule has 1 N–H and O–H groups in total. The number of terminal acetylenes is 1. The van der Waals surface area contributed by atoms with Crippen molar-refractivity contribution in [3.8, 4) is 12.3 Å². The van der Waals surface area contributed by atoms with E-state index >= 15 is 0 Å². The Morgan fingerprint density at radius 1 is 1.12 bits per heavy atom. The van der Waals surface area contributed by atoms with Crippen molar-refractivity contribution < 1.29 is 13.2 Å². The first kappa shape index (κ1) is 18.0. The van der Waals surface area contributed by atoms with E-state index in [4.69, 9.17) is 18.0 Å². The van der Waals surface area contributed by atoms with Crippen LogP contribution in [-0.2, 0) is 14.8 Å². The summed E-state index contributed by atoms with van der Waals surface area (Å²) in [5, 5.41) is 2.94. The van der Waals surface area contributed by atoms with Crippen molar-refractivity contribution in [3.63, 3.8) is 0 Å². The number of carbonyl (C=O) groups excluding carboxylic acids is 1. The van der Waals surface area contributed by atoms with Crippen LogP contribution in [0.5, 0.6) is 0 Å². The molecule has 124 valence electrons. The van der Waals surface area contributed by atoms with Crippen molar-refractivity contribution in [1.82, 2.24) is 4.31 Å². The van der Waals surface area contributed by atoms with Gasteiger partial charge in [-0.15, -0.1) is 6.42 Å². The Kier molecular flexibility index (Phi) is 5.99. The van der Waals surface area contributed by atoms with Crippen LogP contribution in [-0.4, -0.2) is 31.7 Å². The zero-order valence-electron chi connectivity index (χ0n) is 12.6. The molecule has 7 heteroatoms. The molecule has 0 aliphatic carbocycles. The highest BCUT2D eigenvalue weighted by atomic mass is 35.5. The number of sulfonamides is 1. The highest BCUT2D eigenvalue weighted by molar-refractivity contribution is 7.89. The first-order valence-corrected chi connectivity index (χ1v) is 8.80. The third kappa shape index (κ3) is 4.36. The van der Waals surface area contributed by atoms with E-state index in [0.717, 1.165) is 4.31 Å². The van der Waals surface area contributed by atoms with Gasteiger partial charge in [-0.2, -0.15) is 4.31 Å². The van der Waals surface area contributed by atoms with E-state index in [1.54, 1.807) is 42.5 Å². The first-order valence-electron chi connectivity index (χ1n) is 6.98. The second-order valence-corrected chi connectivity index (χ2v) is 7.16. The van der Waals surface area contributed by atoms with Gasteiger partial charge < -0.3 is 5.32 Å². The summed E-state index contributed by atoms with van der Waals surface area (Å²) in [4.78, 5) is 12.3. The third-order valence-corrected chi connectivity index (χ3v) is 5.25. The fourth-order valence-electron chi connectivity index (χ4n) is 1.98. The molecule has 1 amide bonds. The largest absolute Gasteiger partial charge is 0.324 e. The number of amides is 1. The monoisotopic (exact) mass is 362 g/mol. The van der Waals surface area contributed by atoms with Gasteiger partial charge in [0, 0.05) is 0 Å². The number of benzene rings is 2. The van der Waals surface area contributed by atoms with Crippen molar-refractivity contribution >= 4 is 33.2 Å². The van der Waals surface area contributed by atoms with Crippen LogP contribution in [0.1, 0.15) is 0 Å². The first-order chi connectivity index (χ1) is 11.4. The van der Waals surface area contributed by atoms with Crippen LogP contribution in [0, 0.1) is 12.3 Å². The maximum Gasteiger partial charge on any atom is 0.244 e. The lowest BCUT2D eigenvalue weighted by molar-refractivity contribution is -0.116. The van der Waals surface area contributed by atoms with Crippen LogP contribution in [0.2, 0.25) is 5.02 Å². The molecule has 0 spiro atoms. The molecule has 0 bridgehead atoms. The number of nitrogens with one attached hydrogen (secondary N) is 1. The fraction of sp³-hybridized carbons (Fsp3) is 0.118. The molecule has 0 unspecified atom stereocenters. The average Bonchev–Trinajstić information content (AvgIpc) is 2.57. The topological polar surface area (TPSA) is 66.5 Å². The maximum atomic E-state index is 12.6. The molecule has 24 heavy (non-hydrogen) atoms. The number of hydrogen-bond acceptors (Lipinski definition) is 3. The number of hydrogen-bond donors (Lipinski definition) is 1. The summed E-state index contributed by atoms with van der Waals surface area (Å²) in [6, 6.07) is 14.5. The Morgan fingerprint density at radius 3 is 2.38 bits per heavy atom. The quantitative estimate of drug-likeness (QED) is 0.803. The van der Waals surface area contributed by atoms with E-state index in [2.05, 4.69) is 11.2 Å². The van der Waals surface area contributed by atoms with Crippen LogP contribution in [0.4, 0.5) is 5.69 Å². The standard InChI is InChI=1S/C17H15ClN2O3S/c1-2-12-20(24(22,23)14-8-4-3-5-9-14)13-17(21)19-16-11-7-6-10-15(16)18/h1,3-11H,12-13H2,(H,19,21). The van der Waals surface area contributed by atoms with Gasteiger partial charge in [0.2, 0.25) is 15.9 Å². The summed E-state index contributed by atoms with van der Waals surface area (Å²) in [6.07, 6.45) is 5.25. The second kappa shape index (κ2) is 7.97. The minimum Gasteiger partial charge on any atom is -0.324 e. The summed E-state index contributed by atoms with van der Waals surface area (Å²) in [7, 11) is -3.86. The lowest BCUT2D eigenvalue weighted by atomic mass is 10.3. The Labute approximate surface area is 146 Å². The highest BCUT2D eigenvalue weighted by Crippen LogP contribution is 2.21. The lowest BCUT2D eigenvalue weighted by Gasteiger charge is -2.19. The SMILES string of the molecule is C#CCN(CC(=O)Nc1ccccc1Cl)S(=O)(=O)c1ccccc1. The van der Waals surface area contributed by atoms with Gasteiger partial charge in [-0.25, -0.2) is 8.42 Å². The molecule has 0 saturated carbocycles. The van der Waals surface area contributed by atoms with Gasteiger partial charge in [0.05, 0.1) is 28.7 Å². The molecule has 0 heterocycles. The maximum absolute atomic E-state index is 12.6. The molecule has 2 aromatic carbocycles. The van der Waals surface area contributed by atoms with Gasteiger partial charge in [0.25, 0.3) is 0 Å². The Balaban J connectivity index is 2.18. The number of para-hydroxylation sites is 1. The minimum atomic E-state index is -3.86. The number of carbonyl (C=O) groups is 1. The van der Waals surface area contributed by atoms with Crippen LogP contribution < -0.4 is 5.32 Å². The summed E-state index contributed by atoms with van der Waals surface area (Å²) in [5.74, 6) is 1.74. The highest BCUT2D eigenvalue weighted by Gasteiger charge is 2.26. The summed E-state index contributed by atoms with van der Waals surface area (Å²) < 4.78 is 26.1. The van der Waals surface area contributed by atoms with Crippen LogP contribution in [0.25, 0.3) is 0 Å². The van der Waals surface area contributed by atoms with Gasteiger partial charge in [0.1, 0.15) is 0 Å². The summed E-state index contributed by atoms with van der Waals surface area (Å²) in [5.41, 5.74) is 0.405. The van der Waals surface area contributed by atoms with Gasteiger partial charge in [-0.05, 0) is 24.3 Å². The van der Waals surface area contributed by atoms with E-state index in [1.807, 2.05) is 0 Å². The van der Waals surface area contributed by atoms with E-state index < -0.39 is 22.5 Å². The summed E-state index contributed by atoms with van der Waals surface area (Å²) in [6.45, 7) is -0.625. The van der Waals surface area contributed by atoms with Gasteiger partial charge in [0.15, 0.2) is 0 Å². The molecule has 0 atom stereocenters. The van der Waals surface area contributed by atoms with Crippen LogP contribution in [0.3, 0.4) is 0 Å². The van der Waals surface area contributed by atoms with E-state index in [9.17, 15) is 13.2 Å². The molecule has 2 rings (SSSR count). The van der Waals surface area contributed by atoms with Crippen molar-refractivity contribution in [2.24, 2.45) is 0 Å². The van der Waals surface area contributed by atoms with E-state index in [1.165, 1.54) is 12.1 Å². The molecule has 5 nitrogen and oxygen atoms in total. The van der Waals surface area contributed by atoms with Gasteiger partial charge in [-0.1, -0.05) is 47.9 Å². The lowest BCUT2D eigenvalue weighted by Crippen LogP contribution is -2.38. The van der Waals surface area contributed by atoms with E-state index in [0.29, 0.717) is 10.7 Å². The average molecular weight is 363 g/mol. The number of halogens is 1. The van der Waals surface area contributed by atoms with Crippen LogP contribution in [0.15, 0.2) is 59.5 Å². The van der Waals surface area contributed by atoms with Crippen molar-refractivity contribution in [2.75, 3.05) is 18.4 Å². The second-order valence-electron chi connectivity index (χ2n) is 4.82. The third-order valence-electron chi connectivity index (χ3n) is 3.12. The smallest absolute Gasteiger partial charge is 0.244 e. The molecule has 0 aliphatic rings. The van der Waals surface area contributed by atoms with Crippen LogP contribution >= 0.6 is 11.6 Å². The Hall–Kier alpha value is -2.33. The molecule has 0 saturated heterocycles. The van der Waals surface area contributed by atoms with Gasteiger partial charge in [-0.3, -0.25) is 4.79 Å². The van der Waals surface area contributed by atoms with Gasteiger partial charge >= 0.3 is 0 Å². The zero-order chi connectivity index (χ0) is 17.6. The minimum absolute atomic E-state index is 0.0748. The molecule has 0 aliphatic heterocycles. The van der Waals surface area contributed by atoms with Crippen molar-refractivity contribution in [3.05, 3.63) is 59.6 Å². The Bertz CT molecular complexity index is 861. The number of anilines is 1. The molecule has 0 radical (unpaired) electrons. The summed E-state index contributed by atoms with van der Waals surface area (Å²) >= 11 is 5.97. The number of rotatable bonds is 6. The molecule has 0 aromatic heterocycles.